The van der Waals surface area contributed by atoms with Crippen LogP contribution in [0.4, 0.5) is 13.2 Å². The van der Waals surface area contributed by atoms with Crippen LogP contribution in [0.5, 0.6) is 5.88 Å². The Bertz CT molecular complexity index is 1270. The molecular formula is C28H33F3N4O2S. The van der Waals surface area contributed by atoms with Gasteiger partial charge >= 0.3 is 6.18 Å². The van der Waals surface area contributed by atoms with Crippen molar-refractivity contribution < 1.29 is 22.7 Å². The maximum Gasteiger partial charge on any atom is 0.422 e. The Morgan fingerprint density at radius 1 is 1.11 bits per heavy atom. The highest BCUT2D eigenvalue weighted by atomic mass is 32.1. The molecule has 0 bridgehead atoms. The molecule has 38 heavy (non-hydrogen) atoms. The first kappa shape index (κ1) is 26.9. The molecule has 0 spiro atoms. The quantitative estimate of drug-likeness (QED) is 0.411. The summed E-state index contributed by atoms with van der Waals surface area (Å²) < 4.78 is 43.3. The Balaban J connectivity index is 1.04. The fourth-order valence-corrected chi connectivity index (χ4v) is 6.29. The molecule has 1 aromatic carbocycles. The summed E-state index contributed by atoms with van der Waals surface area (Å²) in [5.74, 6) is 0.659. The highest BCUT2D eigenvalue weighted by Crippen LogP contribution is 2.29. The zero-order chi connectivity index (χ0) is 26.7. The Morgan fingerprint density at radius 2 is 1.89 bits per heavy atom. The number of halogens is 3. The van der Waals surface area contributed by atoms with Crippen LogP contribution in [0.3, 0.4) is 0 Å². The summed E-state index contributed by atoms with van der Waals surface area (Å²) in [5.41, 5.74) is 3.48. The van der Waals surface area contributed by atoms with Crippen LogP contribution in [0, 0.1) is 12.8 Å². The van der Waals surface area contributed by atoms with E-state index in [1.807, 2.05) is 31.2 Å². The summed E-state index contributed by atoms with van der Waals surface area (Å²) in [6.07, 6.45) is 2.48. The summed E-state index contributed by atoms with van der Waals surface area (Å²) in [5, 5.41) is 4.22. The number of carbonyl (C=O) groups excluding carboxylic acids is 1. The molecular weight excluding hydrogens is 513 g/mol. The van der Waals surface area contributed by atoms with Crippen molar-refractivity contribution in [1.82, 2.24) is 20.2 Å². The Morgan fingerprint density at radius 3 is 2.68 bits per heavy atom. The molecule has 5 rings (SSSR count). The third-order valence-electron chi connectivity index (χ3n) is 7.58. The zero-order valence-electron chi connectivity index (χ0n) is 21.5. The number of ether oxygens (including phenoxy) is 1. The van der Waals surface area contributed by atoms with Gasteiger partial charge < -0.3 is 15.0 Å². The standard InChI is InChI=1S/C28H33F3N4O2S/c1-18-32-24-16-21(4-8-25(24)38-18)27(36)33-22-6-2-19(3-7-22)10-13-35-14-11-20-5-9-26(34-23(20)12-15-35)37-17-28(29,30)31/h4-5,8-9,16,19,22H,2-3,6-7,10-15,17H2,1H3,(H,33,36). The predicted molar refractivity (Wildman–Crippen MR) is 142 cm³/mol. The van der Waals surface area contributed by atoms with E-state index in [0.717, 1.165) is 84.6 Å². The molecule has 10 heteroatoms. The van der Waals surface area contributed by atoms with Gasteiger partial charge in [-0.05, 0) is 81.7 Å². The number of nitrogens with zero attached hydrogens (tertiary/aromatic N) is 3. The molecule has 2 aliphatic rings. The second kappa shape index (κ2) is 11.6. The number of hydrogen-bond acceptors (Lipinski definition) is 6. The van der Waals surface area contributed by atoms with Gasteiger partial charge in [-0.1, -0.05) is 6.07 Å². The Hall–Kier alpha value is -2.72. The first-order valence-electron chi connectivity index (χ1n) is 13.3. The molecule has 1 fully saturated rings. The molecule has 1 aliphatic heterocycles. The summed E-state index contributed by atoms with van der Waals surface area (Å²) in [6, 6.07) is 9.33. The largest absolute Gasteiger partial charge is 0.468 e. The van der Waals surface area contributed by atoms with Crippen molar-refractivity contribution in [2.24, 2.45) is 5.92 Å². The third kappa shape index (κ3) is 7.02. The molecule has 0 unspecified atom stereocenters. The lowest BCUT2D eigenvalue weighted by Crippen LogP contribution is -2.38. The Kier molecular flexibility index (Phi) is 8.18. The van der Waals surface area contributed by atoms with Crippen molar-refractivity contribution in [3.63, 3.8) is 0 Å². The molecule has 3 aromatic rings. The minimum Gasteiger partial charge on any atom is -0.468 e. The van der Waals surface area contributed by atoms with Crippen LogP contribution in [-0.4, -0.2) is 59.2 Å². The summed E-state index contributed by atoms with van der Waals surface area (Å²) in [4.78, 5) is 24.1. The van der Waals surface area contributed by atoms with E-state index in [4.69, 9.17) is 4.74 Å². The van der Waals surface area contributed by atoms with Crippen LogP contribution >= 0.6 is 11.3 Å². The second-order valence-electron chi connectivity index (χ2n) is 10.4. The number of nitrogens with one attached hydrogen (secondary N) is 1. The number of fused-ring (bicyclic) bond motifs is 2. The van der Waals surface area contributed by atoms with Crippen molar-refractivity contribution in [3.8, 4) is 5.88 Å². The molecule has 2 aromatic heterocycles. The van der Waals surface area contributed by atoms with Crippen LogP contribution in [0.2, 0.25) is 0 Å². The molecule has 1 saturated carbocycles. The number of aryl methyl sites for hydroxylation is 1. The number of alkyl halides is 3. The lowest BCUT2D eigenvalue weighted by Gasteiger charge is -2.30. The predicted octanol–water partition coefficient (Wildman–Crippen LogP) is 5.72. The molecule has 1 N–H and O–H groups in total. The minimum absolute atomic E-state index is 0.0225. The van der Waals surface area contributed by atoms with Crippen LogP contribution in [-0.2, 0) is 12.8 Å². The van der Waals surface area contributed by atoms with Crippen LogP contribution in [0.1, 0.15) is 58.7 Å². The number of carbonyl (C=O) groups is 1. The molecule has 0 saturated heterocycles. The maximum absolute atomic E-state index is 12.8. The lowest BCUT2D eigenvalue weighted by molar-refractivity contribution is -0.154. The molecule has 1 aliphatic carbocycles. The van der Waals surface area contributed by atoms with E-state index in [2.05, 4.69) is 20.2 Å². The number of pyridine rings is 1. The topological polar surface area (TPSA) is 67.4 Å². The molecule has 0 atom stereocenters. The van der Waals surface area contributed by atoms with Gasteiger partial charge in [-0.15, -0.1) is 11.3 Å². The third-order valence-corrected chi connectivity index (χ3v) is 8.53. The second-order valence-corrected chi connectivity index (χ2v) is 11.6. The van der Waals surface area contributed by atoms with Gasteiger partial charge in [-0.2, -0.15) is 13.2 Å². The Labute approximate surface area is 224 Å². The van der Waals surface area contributed by atoms with Gasteiger partial charge in [-0.3, -0.25) is 4.79 Å². The van der Waals surface area contributed by atoms with E-state index in [-0.39, 0.29) is 17.8 Å². The van der Waals surface area contributed by atoms with E-state index in [1.54, 1.807) is 11.3 Å². The number of aromatic nitrogens is 2. The summed E-state index contributed by atoms with van der Waals surface area (Å²) >= 11 is 1.64. The summed E-state index contributed by atoms with van der Waals surface area (Å²) in [7, 11) is 0. The van der Waals surface area contributed by atoms with Crippen LogP contribution in [0.25, 0.3) is 10.2 Å². The average Bonchev–Trinajstić information content (AvgIpc) is 3.14. The van der Waals surface area contributed by atoms with E-state index in [0.29, 0.717) is 17.9 Å². The van der Waals surface area contributed by atoms with Gasteiger partial charge in [0.05, 0.1) is 15.2 Å². The van der Waals surface area contributed by atoms with Gasteiger partial charge in [0.15, 0.2) is 6.61 Å². The number of rotatable bonds is 7. The number of hydrogen-bond donors (Lipinski definition) is 1. The average molecular weight is 547 g/mol. The maximum atomic E-state index is 12.8. The van der Waals surface area contributed by atoms with Crippen molar-refractivity contribution in [2.75, 3.05) is 26.2 Å². The van der Waals surface area contributed by atoms with Gasteiger partial charge in [0.1, 0.15) is 0 Å². The van der Waals surface area contributed by atoms with Gasteiger partial charge in [0.25, 0.3) is 5.91 Å². The van der Waals surface area contributed by atoms with E-state index in [1.165, 1.54) is 6.07 Å². The van der Waals surface area contributed by atoms with E-state index in [9.17, 15) is 18.0 Å². The highest BCUT2D eigenvalue weighted by molar-refractivity contribution is 7.18. The van der Waals surface area contributed by atoms with Gasteiger partial charge in [0, 0.05) is 42.9 Å². The van der Waals surface area contributed by atoms with Crippen molar-refractivity contribution >= 4 is 27.5 Å². The highest BCUT2D eigenvalue weighted by Gasteiger charge is 2.29. The van der Waals surface area contributed by atoms with Crippen LogP contribution in [0.15, 0.2) is 30.3 Å². The fourth-order valence-electron chi connectivity index (χ4n) is 5.48. The smallest absolute Gasteiger partial charge is 0.422 e. The number of benzene rings is 1. The van der Waals surface area contributed by atoms with Gasteiger partial charge in [-0.25, -0.2) is 9.97 Å². The van der Waals surface area contributed by atoms with Crippen molar-refractivity contribution in [3.05, 3.63) is 52.2 Å². The monoisotopic (exact) mass is 546 g/mol. The number of amides is 1. The zero-order valence-corrected chi connectivity index (χ0v) is 22.3. The SMILES string of the molecule is Cc1nc2cc(C(=O)NC3CCC(CCN4CCc5ccc(OCC(F)(F)F)nc5CC4)CC3)ccc2s1. The lowest BCUT2D eigenvalue weighted by atomic mass is 9.84. The van der Waals surface area contributed by atoms with E-state index < -0.39 is 12.8 Å². The molecule has 1 amide bonds. The van der Waals surface area contributed by atoms with Crippen LogP contribution < -0.4 is 10.1 Å². The minimum atomic E-state index is -4.37. The summed E-state index contributed by atoms with van der Waals surface area (Å²) in [6.45, 7) is 3.42. The van der Waals surface area contributed by atoms with Crippen molar-refractivity contribution in [1.29, 1.82) is 0 Å². The van der Waals surface area contributed by atoms with E-state index >= 15 is 0 Å². The fraction of sp³-hybridized carbons (Fsp3) is 0.536. The molecule has 3 heterocycles. The molecule has 0 radical (unpaired) electrons. The molecule has 6 nitrogen and oxygen atoms in total. The normalized spacial score (nSPS) is 20.6. The van der Waals surface area contributed by atoms with Gasteiger partial charge in [0.2, 0.25) is 5.88 Å². The molecule has 204 valence electrons. The first-order chi connectivity index (χ1) is 18.2. The first-order valence-corrected chi connectivity index (χ1v) is 14.1. The number of thiazole rings is 1. The van der Waals surface area contributed by atoms with Crippen molar-refractivity contribution in [2.45, 2.75) is 64.1 Å².